The Morgan fingerprint density at radius 3 is 2.44 bits per heavy atom. The van der Waals surface area contributed by atoms with E-state index >= 15 is 0 Å². The largest absolute Gasteiger partial charge is 0.490 e. The molecule has 180 valence electrons. The fraction of sp³-hybridized carbons (Fsp3) is 0.720. The molecule has 7 nitrogen and oxygen atoms in total. The summed E-state index contributed by atoms with van der Waals surface area (Å²) >= 11 is 0. The molecule has 2 atom stereocenters. The topological polar surface area (TPSA) is 57.3 Å². The third kappa shape index (κ3) is 7.36. The van der Waals surface area contributed by atoms with Crippen molar-refractivity contribution >= 4 is 11.7 Å². The summed E-state index contributed by atoms with van der Waals surface area (Å²) in [6.07, 6.45) is 2.71. The quantitative estimate of drug-likeness (QED) is 0.626. The van der Waals surface area contributed by atoms with E-state index in [4.69, 9.17) is 9.47 Å². The first-order chi connectivity index (χ1) is 15.5. The Morgan fingerprint density at radius 2 is 1.78 bits per heavy atom. The number of likely N-dealkylation sites (N-methyl/N-ethyl adjacent to an activating group) is 1. The number of hydrogen-bond donors (Lipinski definition) is 1. The van der Waals surface area contributed by atoms with Crippen LogP contribution in [0.2, 0.25) is 0 Å². The van der Waals surface area contributed by atoms with E-state index in [1.807, 2.05) is 29.2 Å². The molecule has 1 N–H and O–H groups in total. The summed E-state index contributed by atoms with van der Waals surface area (Å²) in [6.45, 7) is 16.9. The molecule has 0 radical (unpaired) electrons. The molecule has 2 saturated heterocycles. The zero-order chi connectivity index (χ0) is 22.9. The minimum Gasteiger partial charge on any atom is -0.490 e. The molecule has 0 saturated carbocycles. The van der Waals surface area contributed by atoms with Gasteiger partial charge >= 0.3 is 6.03 Å². The number of amides is 2. The summed E-state index contributed by atoms with van der Waals surface area (Å²) in [5, 5.41) is 3.08. The Balaban J connectivity index is 1.45. The Hall–Kier alpha value is -1.83. The van der Waals surface area contributed by atoms with Crippen LogP contribution in [0, 0.1) is 5.92 Å². The zero-order valence-corrected chi connectivity index (χ0v) is 20.4. The fourth-order valence-corrected chi connectivity index (χ4v) is 4.83. The lowest BCUT2D eigenvalue weighted by atomic mass is 9.96. The number of benzene rings is 1. The van der Waals surface area contributed by atoms with Gasteiger partial charge < -0.3 is 24.6 Å². The van der Waals surface area contributed by atoms with E-state index in [2.05, 4.69) is 42.8 Å². The molecule has 2 aliphatic heterocycles. The molecular formula is C25H42N4O3. The van der Waals surface area contributed by atoms with Crippen molar-refractivity contribution in [2.75, 3.05) is 64.3 Å². The molecule has 1 aromatic rings. The van der Waals surface area contributed by atoms with Crippen LogP contribution in [0.1, 0.15) is 40.5 Å². The van der Waals surface area contributed by atoms with Crippen LogP contribution in [0.5, 0.6) is 5.75 Å². The average molecular weight is 447 g/mol. The van der Waals surface area contributed by atoms with Crippen molar-refractivity contribution in [3.8, 4) is 5.75 Å². The maximum atomic E-state index is 12.9. The van der Waals surface area contributed by atoms with Gasteiger partial charge in [-0.3, -0.25) is 4.90 Å². The van der Waals surface area contributed by atoms with Crippen molar-refractivity contribution in [1.82, 2.24) is 14.7 Å². The van der Waals surface area contributed by atoms with Gasteiger partial charge in [0, 0.05) is 39.3 Å². The number of ether oxygens (including phenoxy) is 2. The minimum atomic E-state index is -0.0307. The van der Waals surface area contributed by atoms with Crippen molar-refractivity contribution in [2.24, 2.45) is 5.92 Å². The van der Waals surface area contributed by atoms with Gasteiger partial charge in [0.2, 0.25) is 0 Å². The van der Waals surface area contributed by atoms with E-state index in [9.17, 15) is 4.79 Å². The number of nitrogens with one attached hydrogen (secondary N) is 1. The number of urea groups is 1. The number of para-hydroxylation sites is 2. The maximum absolute atomic E-state index is 12.9. The van der Waals surface area contributed by atoms with Gasteiger partial charge in [0.05, 0.1) is 17.9 Å². The zero-order valence-electron chi connectivity index (χ0n) is 20.4. The van der Waals surface area contributed by atoms with E-state index in [-0.39, 0.29) is 6.03 Å². The number of likely N-dealkylation sites (tertiary alicyclic amines) is 1. The highest BCUT2D eigenvalue weighted by molar-refractivity contribution is 5.91. The Labute approximate surface area is 194 Å². The van der Waals surface area contributed by atoms with E-state index in [0.29, 0.717) is 24.7 Å². The lowest BCUT2D eigenvalue weighted by Gasteiger charge is -2.39. The molecule has 2 unspecified atom stereocenters. The molecule has 0 aromatic heterocycles. The molecule has 2 heterocycles. The third-order valence-electron chi connectivity index (χ3n) is 6.60. The molecule has 2 amide bonds. The predicted octanol–water partition coefficient (Wildman–Crippen LogP) is 3.76. The molecule has 1 aromatic carbocycles. The highest BCUT2D eigenvalue weighted by Crippen LogP contribution is 2.26. The van der Waals surface area contributed by atoms with Crippen LogP contribution in [-0.4, -0.2) is 91.9 Å². The molecule has 0 bridgehead atoms. The van der Waals surface area contributed by atoms with Gasteiger partial charge in [0.25, 0.3) is 0 Å². The molecule has 0 spiro atoms. The summed E-state index contributed by atoms with van der Waals surface area (Å²) in [7, 11) is 0. The van der Waals surface area contributed by atoms with Crippen LogP contribution in [0.25, 0.3) is 0 Å². The first-order valence-corrected chi connectivity index (χ1v) is 12.4. The second kappa shape index (κ2) is 12.4. The number of carbonyl (C=O) groups is 1. The van der Waals surface area contributed by atoms with Crippen LogP contribution in [0.3, 0.4) is 0 Å². The van der Waals surface area contributed by atoms with Crippen LogP contribution < -0.4 is 10.1 Å². The van der Waals surface area contributed by atoms with Crippen molar-refractivity contribution in [1.29, 1.82) is 0 Å². The molecule has 32 heavy (non-hydrogen) atoms. The number of morpholine rings is 1. The number of hydrogen-bond acceptors (Lipinski definition) is 5. The first-order valence-electron chi connectivity index (χ1n) is 12.4. The maximum Gasteiger partial charge on any atom is 0.321 e. The lowest BCUT2D eigenvalue weighted by molar-refractivity contribution is -0.0728. The van der Waals surface area contributed by atoms with Gasteiger partial charge in [0.15, 0.2) is 0 Å². The third-order valence-corrected chi connectivity index (χ3v) is 6.60. The number of nitrogens with zero attached hydrogens (tertiary/aromatic N) is 3. The van der Waals surface area contributed by atoms with Gasteiger partial charge in [0.1, 0.15) is 12.4 Å². The fourth-order valence-electron chi connectivity index (χ4n) is 4.83. The summed E-state index contributed by atoms with van der Waals surface area (Å²) < 4.78 is 11.8. The van der Waals surface area contributed by atoms with E-state index < -0.39 is 0 Å². The van der Waals surface area contributed by atoms with Gasteiger partial charge in [-0.1, -0.05) is 26.0 Å². The monoisotopic (exact) mass is 446 g/mol. The minimum absolute atomic E-state index is 0.0307. The van der Waals surface area contributed by atoms with Gasteiger partial charge in [-0.25, -0.2) is 4.79 Å². The smallest absolute Gasteiger partial charge is 0.321 e. The highest BCUT2D eigenvalue weighted by Gasteiger charge is 2.28. The average Bonchev–Trinajstić information content (AvgIpc) is 2.77. The van der Waals surface area contributed by atoms with Crippen LogP contribution >= 0.6 is 0 Å². The normalized spacial score (nSPS) is 22.8. The summed E-state index contributed by atoms with van der Waals surface area (Å²) in [4.78, 5) is 19.7. The number of piperidine rings is 1. The van der Waals surface area contributed by atoms with Gasteiger partial charge in [-0.15, -0.1) is 0 Å². The van der Waals surface area contributed by atoms with Crippen LogP contribution in [0.15, 0.2) is 24.3 Å². The van der Waals surface area contributed by atoms with Crippen molar-refractivity contribution < 1.29 is 14.3 Å². The summed E-state index contributed by atoms with van der Waals surface area (Å²) in [5.74, 6) is 1.38. The van der Waals surface area contributed by atoms with Crippen LogP contribution in [-0.2, 0) is 4.74 Å². The highest BCUT2D eigenvalue weighted by atomic mass is 16.5. The van der Waals surface area contributed by atoms with Gasteiger partial charge in [-0.05, 0) is 57.8 Å². The molecule has 0 aliphatic carbocycles. The number of rotatable bonds is 9. The number of carbonyl (C=O) groups excluding carboxylic acids is 1. The number of anilines is 1. The van der Waals surface area contributed by atoms with Gasteiger partial charge in [-0.2, -0.15) is 0 Å². The van der Waals surface area contributed by atoms with Crippen molar-refractivity contribution in [3.05, 3.63) is 24.3 Å². The van der Waals surface area contributed by atoms with E-state index in [1.54, 1.807) is 0 Å². The predicted molar refractivity (Wildman–Crippen MR) is 129 cm³/mol. The van der Waals surface area contributed by atoms with Crippen molar-refractivity contribution in [2.45, 2.75) is 52.7 Å². The van der Waals surface area contributed by atoms with Crippen LogP contribution in [0.4, 0.5) is 10.5 Å². The van der Waals surface area contributed by atoms with Crippen molar-refractivity contribution in [3.63, 3.8) is 0 Å². The van der Waals surface area contributed by atoms with E-state index in [0.717, 1.165) is 76.6 Å². The molecule has 7 heteroatoms. The second-order valence-electron chi connectivity index (χ2n) is 9.21. The van der Waals surface area contributed by atoms with E-state index in [1.165, 1.54) is 0 Å². The molecular weight excluding hydrogens is 404 g/mol. The Morgan fingerprint density at radius 1 is 1.12 bits per heavy atom. The molecule has 3 rings (SSSR count). The Kier molecular flexibility index (Phi) is 9.63. The summed E-state index contributed by atoms with van der Waals surface area (Å²) in [6, 6.07) is 7.69. The summed E-state index contributed by atoms with van der Waals surface area (Å²) in [5.41, 5.74) is 0.746. The standard InChI is InChI=1S/C25H42N4O3/c1-5-27(6-2)15-16-31-24-10-8-7-9-23(24)26-25(30)29-13-11-22(12-14-29)19-28-17-20(3)32-21(4)18-28/h7-10,20-22H,5-6,11-19H2,1-4H3,(H,26,30). The first kappa shape index (κ1) is 24.8. The molecule has 2 aliphatic rings. The second-order valence-corrected chi connectivity index (χ2v) is 9.21. The SMILES string of the molecule is CCN(CC)CCOc1ccccc1NC(=O)N1CCC(CN2CC(C)OC(C)C2)CC1. The lowest BCUT2D eigenvalue weighted by Crippen LogP contribution is -2.49. The molecule has 2 fully saturated rings. The Bertz CT molecular complexity index is 694.